The molecule has 0 saturated carbocycles. The van der Waals surface area contributed by atoms with Crippen LogP contribution in [-0.2, 0) is 9.53 Å². The van der Waals surface area contributed by atoms with E-state index in [1.54, 1.807) is 0 Å². The van der Waals surface area contributed by atoms with Crippen molar-refractivity contribution < 1.29 is 9.53 Å². The number of methoxy groups -OCH3 is 1. The lowest BCUT2D eigenvalue weighted by atomic mass is 10.2. The highest BCUT2D eigenvalue weighted by Gasteiger charge is 2.30. The van der Waals surface area contributed by atoms with Crippen LogP contribution in [-0.4, -0.2) is 37.1 Å². The normalized spacial score (nSPS) is 21.9. The van der Waals surface area contributed by atoms with E-state index in [2.05, 4.69) is 11.8 Å². The summed E-state index contributed by atoms with van der Waals surface area (Å²) in [7, 11) is 1.48. The monoisotopic (exact) mass is 213 g/mol. The Bertz CT molecular complexity index is 194. The number of hydrogen-bond acceptors (Lipinski definition) is 3. The SMILES string of the molecule is CCCCCCN1CCC[C@H]1C(=O)OC. The topological polar surface area (TPSA) is 29.5 Å². The van der Waals surface area contributed by atoms with Gasteiger partial charge in [0.25, 0.3) is 0 Å². The van der Waals surface area contributed by atoms with Crippen LogP contribution in [0.2, 0.25) is 0 Å². The average molecular weight is 213 g/mol. The van der Waals surface area contributed by atoms with Crippen molar-refractivity contribution >= 4 is 5.97 Å². The largest absolute Gasteiger partial charge is 0.468 e. The van der Waals surface area contributed by atoms with Crippen molar-refractivity contribution in [3.63, 3.8) is 0 Å². The van der Waals surface area contributed by atoms with E-state index < -0.39 is 0 Å². The van der Waals surface area contributed by atoms with Crippen molar-refractivity contribution in [2.75, 3.05) is 20.2 Å². The Balaban J connectivity index is 2.24. The average Bonchev–Trinajstić information content (AvgIpc) is 2.71. The summed E-state index contributed by atoms with van der Waals surface area (Å²) in [4.78, 5) is 13.7. The zero-order valence-corrected chi connectivity index (χ0v) is 10.00. The number of rotatable bonds is 6. The molecule has 3 heteroatoms. The zero-order chi connectivity index (χ0) is 11.1. The molecule has 0 amide bonds. The molecule has 1 aliphatic rings. The summed E-state index contributed by atoms with van der Waals surface area (Å²) in [6.45, 7) is 4.33. The lowest BCUT2D eigenvalue weighted by Crippen LogP contribution is -2.37. The van der Waals surface area contributed by atoms with E-state index in [9.17, 15) is 4.79 Å². The summed E-state index contributed by atoms with van der Waals surface area (Å²) in [5.74, 6) is -0.0528. The molecule has 0 aliphatic carbocycles. The van der Waals surface area contributed by atoms with Gasteiger partial charge in [0, 0.05) is 0 Å². The fourth-order valence-corrected chi connectivity index (χ4v) is 2.24. The zero-order valence-electron chi connectivity index (χ0n) is 10.00. The second-order valence-corrected chi connectivity index (χ2v) is 4.28. The first-order valence-electron chi connectivity index (χ1n) is 6.11. The van der Waals surface area contributed by atoms with E-state index in [-0.39, 0.29) is 12.0 Å². The quantitative estimate of drug-likeness (QED) is 0.500. The maximum absolute atomic E-state index is 11.4. The fraction of sp³-hybridized carbons (Fsp3) is 0.917. The van der Waals surface area contributed by atoms with Gasteiger partial charge in [-0.3, -0.25) is 9.69 Å². The van der Waals surface area contributed by atoms with Crippen LogP contribution >= 0.6 is 0 Å². The molecule has 1 aliphatic heterocycles. The Morgan fingerprint density at radius 3 is 2.87 bits per heavy atom. The van der Waals surface area contributed by atoms with Crippen molar-refractivity contribution in [1.29, 1.82) is 0 Å². The summed E-state index contributed by atoms with van der Waals surface area (Å²) >= 11 is 0. The standard InChI is InChI=1S/C12H23NO2/c1-3-4-5-6-9-13-10-7-8-11(13)12(14)15-2/h11H,3-10H2,1-2H3/t11-/m0/s1. The van der Waals surface area contributed by atoms with Crippen LogP contribution in [0.1, 0.15) is 45.4 Å². The molecule has 0 spiro atoms. The Morgan fingerprint density at radius 2 is 2.20 bits per heavy atom. The first-order chi connectivity index (χ1) is 7.29. The number of hydrogen-bond donors (Lipinski definition) is 0. The molecule has 1 saturated heterocycles. The maximum Gasteiger partial charge on any atom is 0.323 e. The lowest BCUT2D eigenvalue weighted by Gasteiger charge is -2.21. The molecule has 0 aromatic carbocycles. The summed E-state index contributed by atoms with van der Waals surface area (Å²) in [6, 6.07) is 0.0385. The molecule has 1 fully saturated rings. The van der Waals surface area contributed by atoms with E-state index >= 15 is 0 Å². The van der Waals surface area contributed by atoms with Crippen LogP contribution in [0.15, 0.2) is 0 Å². The molecule has 88 valence electrons. The van der Waals surface area contributed by atoms with Gasteiger partial charge in [-0.1, -0.05) is 26.2 Å². The summed E-state index contributed by atoms with van der Waals surface area (Å²) in [6.07, 6.45) is 7.16. The summed E-state index contributed by atoms with van der Waals surface area (Å²) in [5, 5.41) is 0. The third kappa shape index (κ3) is 3.82. The van der Waals surface area contributed by atoms with E-state index in [4.69, 9.17) is 4.74 Å². The lowest BCUT2D eigenvalue weighted by molar-refractivity contribution is -0.145. The molecule has 1 heterocycles. The smallest absolute Gasteiger partial charge is 0.323 e. The van der Waals surface area contributed by atoms with Crippen LogP contribution in [0.4, 0.5) is 0 Å². The van der Waals surface area contributed by atoms with Crippen molar-refractivity contribution in [1.82, 2.24) is 4.90 Å². The minimum atomic E-state index is -0.0528. The number of likely N-dealkylation sites (tertiary alicyclic amines) is 1. The molecule has 1 rings (SSSR count). The molecule has 1 atom stereocenters. The molecule has 0 bridgehead atoms. The van der Waals surface area contributed by atoms with Crippen LogP contribution < -0.4 is 0 Å². The molecule has 0 radical (unpaired) electrons. The first kappa shape index (κ1) is 12.5. The van der Waals surface area contributed by atoms with Gasteiger partial charge in [0.1, 0.15) is 6.04 Å². The molecule has 0 aromatic rings. The molecule has 0 N–H and O–H groups in total. The van der Waals surface area contributed by atoms with Gasteiger partial charge in [0.15, 0.2) is 0 Å². The van der Waals surface area contributed by atoms with Gasteiger partial charge in [0.05, 0.1) is 7.11 Å². The van der Waals surface area contributed by atoms with Crippen LogP contribution in [0.5, 0.6) is 0 Å². The molecular formula is C12H23NO2. The third-order valence-electron chi connectivity index (χ3n) is 3.14. The number of nitrogens with zero attached hydrogens (tertiary/aromatic N) is 1. The van der Waals surface area contributed by atoms with Crippen LogP contribution in [0.3, 0.4) is 0 Å². The number of ether oxygens (including phenoxy) is 1. The van der Waals surface area contributed by atoms with Gasteiger partial charge >= 0.3 is 5.97 Å². The van der Waals surface area contributed by atoms with E-state index in [1.165, 1.54) is 32.8 Å². The highest BCUT2D eigenvalue weighted by molar-refractivity contribution is 5.75. The van der Waals surface area contributed by atoms with Gasteiger partial charge in [-0.25, -0.2) is 0 Å². The second-order valence-electron chi connectivity index (χ2n) is 4.28. The van der Waals surface area contributed by atoms with Crippen LogP contribution in [0.25, 0.3) is 0 Å². The molecule has 3 nitrogen and oxygen atoms in total. The predicted molar refractivity (Wildman–Crippen MR) is 60.8 cm³/mol. The number of esters is 1. The van der Waals surface area contributed by atoms with Crippen molar-refractivity contribution in [3.05, 3.63) is 0 Å². The van der Waals surface area contributed by atoms with Crippen molar-refractivity contribution in [2.45, 2.75) is 51.5 Å². The Labute approximate surface area is 92.8 Å². The number of unbranched alkanes of at least 4 members (excludes halogenated alkanes) is 3. The van der Waals surface area contributed by atoms with Crippen molar-refractivity contribution in [2.24, 2.45) is 0 Å². The molecular weight excluding hydrogens is 190 g/mol. The predicted octanol–water partition coefficient (Wildman–Crippen LogP) is 2.20. The number of carbonyl (C=O) groups excluding carboxylic acids is 1. The van der Waals surface area contributed by atoms with Gasteiger partial charge in [-0.15, -0.1) is 0 Å². The van der Waals surface area contributed by atoms with Crippen LogP contribution in [0, 0.1) is 0 Å². The number of carbonyl (C=O) groups is 1. The molecule has 0 aromatic heterocycles. The second kappa shape index (κ2) is 6.83. The maximum atomic E-state index is 11.4. The Morgan fingerprint density at radius 1 is 1.40 bits per heavy atom. The highest BCUT2D eigenvalue weighted by atomic mass is 16.5. The van der Waals surface area contributed by atoms with Gasteiger partial charge in [-0.05, 0) is 32.4 Å². The van der Waals surface area contributed by atoms with Gasteiger partial charge < -0.3 is 4.74 Å². The van der Waals surface area contributed by atoms with Gasteiger partial charge in [-0.2, -0.15) is 0 Å². The summed E-state index contributed by atoms with van der Waals surface area (Å²) in [5.41, 5.74) is 0. The Hall–Kier alpha value is -0.570. The van der Waals surface area contributed by atoms with E-state index in [1.807, 2.05) is 0 Å². The summed E-state index contributed by atoms with van der Waals surface area (Å²) < 4.78 is 4.81. The van der Waals surface area contributed by atoms with E-state index in [0.717, 1.165) is 25.9 Å². The molecule has 0 unspecified atom stereocenters. The van der Waals surface area contributed by atoms with Crippen molar-refractivity contribution in [3.8, 4) is 0 Å². The minimum Gasteiger partial charge on any atom is -0.468 e. The molecule has 15 heavy (non-hydrogen) atoms. The first-order valence-corrected chi connectivity index (χ1v) is 6.11. The van der Waals surface area contributed by atoms with E-state index in [0.29, 0.717) is 0 Å². The van der Waals surface area contributed by atoms with Gasteiger partial charge in [0.2, 0.25) is 0 Å². The fourth-order valence-electron chi connectivity index (χ4n) is 2.24. The highest BCUT2D eigenvalue weighted by Crippen LogP contribution is 2.19. The Kier molecular flexibility index (Phi) is 5.69. The third-order valence-corrected chi connectivity index (χ3v) is 3.14. The minimum absolute atomic E-state index is 0.0385.